The van der Waals surface area contributed by atoms with E-state index in [9.17, 15) is 0 Å². The molecule has 0 saturated heterocycles. The summed E-state index contributed by atoms with van der Waals surface area (Å²) in [5.74, 6) is 0. The van der Waals surface area contributed by atoms with Crippen LogP contribution in [0.1, 0.15) is 53.4 Å². The van der Waals surface area contributed by atoms with Crippen molar-refractivity contribution in [1.82, 2.24) is 0 Å². The lowest BCUT2D eigenvalue weighted by molar-refractivity contribution is -0.136. The van der Waals surface area contributed by atoms with Gasteiger partial charge in [-0.2, -0.15) is 0 Å². The highest BCUT2D eigenvalue weighted by atomic mass is 31.1. The summed E-state index contributed by atoms with van der Waals surface area (Å²) in [7, 11) is 3.58. The van der Waals surface area contributed by atoms with Crippen LogP contribution in [-0.4, -0.2) is 82.9 Å². The number of nitrogens with two attached hydrogens (primary N) is 1. The van der Waals surface area contributed by atoms with Crippen molar-refractivity contribution in [3.8, 4) is 0 Å². The summed E-state index contributed by atoms with van der Waals surface area (Å²) in [6.07, 6.45) is 8.42. The van der Waals surface area contributed by atoms with Crippen LogP contribution in [0.2, 0.25) is 0 Å². The van der Waals surface area contributed by atoms with Crippen molar-refractivity contribution in [2.75, 3.05) is 64.7 Å². The van der Waals surface area contributed by atoms with Gasteiger partial charge in [-0.15, -0.1) is 17.2 Å². The molecule has 0 bridgehead atoms. The van der Waals surface area contributed by atoms with Crippen LogP contribution in [0.5, 0.6) is 0 Å². The van der Waals surface area contributed by atoms with Crippen molar-refractivity contribution in [3.63, 3.8) is 0 Å². The van der Waals surface area contributed by atoms with Gasteiger partial charge in [0.15, 0.2) is 12.6 Å². The van der Waals surface area contributed by atoms with Gasteiger partial charge < -0.3 is 29.4 Å². The summed E-state index contributed by atoms with van der Waals surface area (Å²) in [6, 6.07) is 0. The van der Waals surface area contributed by atoms with Gasteiger partial charge in [0.05, 0.1) is 5.60 Å². The minimum atomic E-state index is -0.182. The van der Waals surface area contributed by atoms with Crippen molar-refractivity contribution in [2.45, 2.75) is 71.6 Å². The third-order valence-electron chi connectivity index (χ3n) is 4.84. The van der Waals surface area contributed by atoms with E-state index in [0.29, 0.717) is 33.0 Å². The number of ether oxygens (including phenoxy) is 5. The van der Waals surface area contributed by atoms with Gasteiger partial charge >= 0.3 is 0 Å². The molecular weight excluding hydrogens is 408 g/mol. The molecule has 0 amide bonds. The Bertz CT molecular complexity index is 309. The van der Waals surface area contributed by atoms with Crippen LogP contribution in [0.15, 0.2) is 0 Å². The molecule has 0 spiro atoms. The normalized spacial score (nSPS) is 14.9. The quantitative estimate of drug-likeness (QED) is 0.151. The highest BCUT2D eigenvalue weighted by Gasteiger charge is 2.27. The van der Waals surface area contributed by atoms with Crippen LogP contribution in [0.3, 0.4) is 0 Å². The zero-order valence-corrected chi connectivity index (χ0v) is 21.5. The van der Waals surface area contributed by atoms with Gasteiger partial charge in [-0.05, 0) is 65.2 Å². The van der Waals surface area contributed by atoms with Gasteiger partial charge in [0.1, 0.15) is 0 Å². The summed E-state index contributed by atoms with van der Waals surface area (Å²) in [6.45, 7) is 11.4. The molecule has 0 fully saturated rings. The van der Waals surface area contributed by atoms with Crippen LogP contribution < -0.4 is 5.73 Å². The molecule has 0 aliphatic heterocycles. The first-order valence-electron chi connectivity index (χ1n) is 11.2. The Morgan fingerprint density at radius 3 is 1.34 bits per heavy atom. The maximum atomic E-state index is 6.10. The van der Waals surface area contributed by atoms with E-state index in [-0.39, 0.29) is 18.2 Å². The minimum absolute atomic E-state index is 0.0578. The number of methoxy groups -OCH3 is 1. The molecule has 0 aromatic carbocycles. The molecule has 29 heavy (non-hydrogen) atoms. The van der Waals surface area contributed by atoms with Gasteiger partial charge in [-0.1, -0.05) is 0 Å². The Labute approximate surface area is 183 Å². The summed E-state index contributed by atoms with van der Waals surface area (Å²) < 4.78 is 28.3. The third kappa shape index (κ3) is 15.1. The minimum Gasteiger partial charge on any atom is -0.377 e. The van der Waals surface area contributed by atoms with E-state index >= 15 is 0 Å². The summed E-state index contributed by atoms with van der Waals surface area (Å²) in [5, 5.41) is 0. The molecule has 0 radical (unpaired) electrons. The Balaban J connectivity index is 4.10. The Kier molecular flexibility index (Phi) is 21.0. The lowest BCUT2D eigenvalue weighted by atomic mass is 9.97. The molecule has 0 aliphatic carbocycles. The fraction of sp³-hybridized carbons (Fsp3) is 1.00. The molecule has 0 heterocycles. The van der Waals surface area contributed by atoms with Crippen LogP contribution in [0.25, 0.3) is 0 Å². The lowest BCUT2D eigenvalue weighted by Gasteiger charge is -2.31. The Morgan fingerprint density at radius 2 is 1.07 bits per heavy atom. The highest BCUT2D eigenvalue weighted by Crippen LogP contribution is 2.28. The monoisotopic (exact) mass is 455 g/mol. The summed E-state index contributed by atoms with van der Waals surface area (Å²) in [5.41, 5.74) is 5.92. The van der Waals surface area contributed by atoms with Crippen molar-refractivity contribution >= 4 is 17.2 Å². The predicted molar refractivity (Wildman–Crippen MR) is 127 cm³/mol. The largest absolute Gasteiger partial charge is 0.377 e. The molecular formula is C21H47NO5P2. The van der Waals surface area contributed by atoms with Gasteiger partial charge in [-0.3, -0.25) is 0 Å². The van der Waals surface area contributed by atoms with Crippen LogP contribution in [0.4, 0.5) is 0 Å². The van der Waals surface area contributed by atoms with Crippen molar-refractivity contribution in [2.24, 2.45) is 5.73 Å². The van der Waals surface area contributed by atoms with E-state index in [1.807, 2.05) is 27.7 Å². The lowest BCUT2D eigenvalue weighted by Crippen LogP contribution is -2.41. The van der Waals surface area contributed by atoms with Crippen molar-refractivity contribution < 1.29 is 23.7 Å². The second kappa shape index (κ2) is 20.5. The molecule has 0 saturated carbocycles. The van der Waals surface area contributed by atoms with E-state index in [2.05, 4.69) is 0 Å². The molecule has 2 unspecified atom stereocenters. The van der Waals surface area contributed by atoms with E-state index < -0.39 is 0 Å². The van der Waals surface area contributed by atoms with Gasteiger partial charge in [0.2, 0.25) is 0 Å². The van der Waals surface area contributed by atoms with Gasteiger partial charge in [0.25, 0.3) is 0 Å². The number of hydrogen-bond acceptors (Lipinski definition) is 6. The summed E-state index contributed by atoms with van der Waals surface area (Å²) in [4.78, 5) is 0. The van der Waals surface area contributed by atoms with E-state index in [0.717, 1.165) is 67.5 Å². The second-order valence-electron chi connectivity index (χ2n) is 6.85. The molecule has 0 aromatic rings. The van der Waals surface area contributed by atoms with Gasteiger partial charge in [0, 0.05) is 52.9 Å². The van der Waals surface area contributed by atoms with Crippen LogP contribution in [-0.2, 0) is 23.7 Å². The third-order valence-corrected chi connectivity index (χ3v) is 7.34. The molecule has 0 aliphatic rings. The molecule has 0 aromatic heterocycles. The topological polar surface area (TPSA) is 72.2 Å². The van der Waals surface area contributed by atoms with Crippen LogP contribution in [0, 0.1) is 0 Å². The zero-order valence-electron chi connectivity index (χ0n) is 19.5. The standard InChI is InChI=1S/C21H47NO5P2/c1-6-24-19(25-7-2)10-14-28-16-12-21(18-22,23-5)13-17-29-15-11-20(26-8-3)27-9-4/h19-20,28-29H,6-18,22H2,1-5H3. The number of hydrogen-bond donors (Lipinski definition) is 1. The van der Waals surface area contributed by atoms with Crippen molar-refractivity contribution in [3.05, 3.63) is 0 Å². The van der Waals surface area contributed by atoms with E-state index in [1.54, 1.807) is 7.11 Å². The molecule has 0 rings (SSSR count). The molecule has 6 nitrogen and oxygen atoms in total. The zero-order chi connectivity index (χ0) is 21.8. The molecule has 8 heteroatoms. The SMILES string of the molecule is CCOC(CCPCCC(CN)(CCPCCC(OCC)OCC)OC)OCC. The first kappa shape index (κ1) is 29.6. The van der Waals surface area contributed by atoms with Crippen LogP contribution >= 0.6 is 17.2 Å². The first-order valence-corrected chi connectivity index (χ1v) is 14.1. The molecule has 2 N–H and O–H groups in total. The average Bonchev–Trinajstić information content (AvgIpc) is 2.72. The van der Waals surface area contributed by atoms with Gasteiger partial charge in [-0.25, -0.2) is 0 Å². The molecule has 2 atom stereocenters. The average molecular weight is 456 g/mol. The fourth-order valence-corrected chi connectivity index (χ4v) is 5.76. The smallest absolute Gasteiger partial charge is 0.157 e. The molecule has 176 valence electrons. The Hall–Kier alpha value is 0.620. The predicted octanol–water partition coefficient (Wildman–Crippen LogP) is 4.05. The Morgan fingerprint density at radius 1 is 0.690 bits per heavy atom. The van der Waals surface area contributed by atoms with E-state index in [1.165, 1.54) is 0 Å². The number of rotatable bonds is 22. The van der Waals surface area contributed by atoms with Crippen molar-refractivity contribution in [1.29, 1.82) is 0 Å². The maximum Gasteiger partial charge on any atom is 0.157 e. The van der Waals surface area contributed by atoms with E-state index in [4.69, 9.17) is 29.4 Å². The summed E-state index contributed by atoms with van der Waals surface area (Å²) >= 11 is 0. The first-order chi connectivity index (χ1) is 14.1. The highest BCUT2D eigenvalue weighted by molar-refractivity contribution is 7.38. The maximum absolute atomic E-state index is 6.10. The fourth-order valence-electron chi connectivity index (χ4n) is 3.11. The second-order valence-corrected chi connectivity index (χ2v) is 9.85.